The van der Waals surface area contributed by atoms with Gasteiger partial charge in [-0.1, -0.05) is 0 Å². The monoisotopic (exact) mass is 310 g/mol. The molecule has 1 aliphatic carbocycles. The number of piperidine rings is 2. The minimum absolute atomic E-state index is 0.230. The molecule has 124 valence electrons. The third-order valence-corrected chi connectivity index (χ3v) is 5.89. The van der Waals surface area contributed by atoms with E-state index < -0.39 is 18.0 Å². The molecule has 0 aromatic carbocycles. The maximum atomic E-state index is 11.2. The van der Waals surface area contributed by atoms with Gasteiger partial charge in [0.15, 0.2) is 0 Å². The molecule has 5 atom stereocenters. The van der Waals surface area contributed by atoms with Crippen LogP contribution in [0.5, 0.6) is 0 Å². The first kappa shape index (κ1) is 15.7. The van der Waals surface area contributed by atoms with Gasteiger partial charge in [-0.05, 0) is 63.5 Å². The maximum absolute atomic E-state index is 11.2. The van der Waals surface area contributed by atoms with Gasteiger partial charge in [-0.3, -0.25) is 14.5 Å². The van der Waals surface area contributed by atoms with Gasteiger partial charge in [0.2, 0.25) is 0 Å². The number of rotatable bonds is 3. The fourth-order valence-electron chi connectivity index (χ4n) is 4.60. The molecule has 22 heavy (non-hydrogen) atoms. The van der Waals surface area contributed by atoms with Crippen molar-refractivity contribution >= 4 is 11.9 Å². The summed E-state index contributed by atoms with van der Waals surface area (Å²) in [4.78, 5) is 24.8. The van der Waals surface area contributed by atoms with Gasteiger partial charge >= 0.3 is 11.9 Å². The minimum atomic E-state index is -0.746. The van der Waals surface area contributed by atoms with Crippen LogP contribution in [0.3, 0.4) is 0 Å². The summed E-state index contributed by atoms with van der Waals surface area (Å²) in [5.74, 6) is -0.597. The number of hydrogen-bond acceptors (Lipinski definition) is 4. The zero-order valence-corrected chi connectivity index (χ0v) is 12.9. The molecule has 3 fully saturated rings. The smallest absolute Gasteiger partial charge is 0.320 e. The van der Waals surface area contributed by atoms with E-state index in [1.165, 1.54) is 0 Å². The van der Waals surface area contributed by atoms with Crippen molar-refractivity contribution in [2.75, 3.05) is 19.6 Å². The first-order valence-electron chi connectivity index (χ1n) is 8.47. The number of fused-ring (bicyclic) bond motifs is 1. The lowest BCUT2D eigenvalue weighted by Gasteiger charge is -2.46. The van der Waals surface area contributed by atoms with Crippen molar-refractivity contribution in [3.63, 3.8) is 0 Å². The molecule has 2 heterocycles. The van der Waals surface area contributed by atoms with Gasteiger partial charge in [0.25, 0.3) is 0 Å². The van der Waals surface area contributed by atoms with E-state index in [2.05, 4.69) is 10.2 Å². The molecule has 6 heteroatoms. The lowest BCUT2D eigenvalue weighted by molar-refractivity contribution is -0.145. The molecule has 3 rings (SSSR count). The summed E-state index contributed by atoms with van der Waals surface area (Å²) in [5.41, 5.74) is 0. The zero-order valence-electron chi connectivity index (χ0n) is 12.9. The van der Waals surface area contributed by atoms with E-state index in [0.717, 1.165) is 45.2 Å². The lowest BCUT2D eigenvalue weighted by atomic mass is 9.71. The second-order valence-electron chi connectivity index (χ2n) is 7.19. The Morgan fingerprint density at radius 1 is 1.00 bits per heavy atom. The van der Waals surface area contributed by atoms with Crippen LogP contribution >= 0.6 is 0 Å². The minimum Gasteiger partial charge on any atom is -0.481 e. The zero-order chi connectivity index (χ0) is 15.7. The quantitative estimate of drug-likeness (QED) is 0.721. The van der Waals surface area contributed by atoms with Crippen LogP contribution in [0.1, 0.15) is 38.5 Å². The molecule has 0 bridgehead atoms. The molecule has 6 nitrogen and oxygen atoms in total. The van der Waals surface area contributed by atoms with Crippen molar-refractivity contribution in [3.8, 4) is 0 Å². The van der Waals surface area contributed by atoms with E-state index in [-0.39, 0.29) is 5.92 Å². The average Bonchev–Trinajstić information content (AvgIpc) is 2.53. The SMILES string of the molecule is O=C(O)C1CCCN([C@H]2CCC3CNC(C(=O)O)C[C@H]3C2)C1. The summed E-state index contributed by atoms with van der Waals surface area (Å²) >= 11 is 0. The molecule has 3 N–H and O–H groups in total. The largest absolute Gasteiger partial charge is 0.481 e. The Bertz CT molecular complexity index is 426. The van der Waals surface area contributed by atoms with Gasteiger partial charge in [-0.25, -0.2) is 0 Å². The molecular formula is C16H26N2O4. The van der Waals surface area contributed by atoms with Crippen molar-refractivity contribution in [2.45, 2.75) is 50.6 Å². The Kier molecular flexibility index (Phi) is 4.68. The Morgan fingerprint density at radius 2 is 1.82 bits per heavy atom. The van der Waals surface area contributed by atoms with E-state index in [0.29, 0.717) is 30.8 Å². The Morgan fingerprint density at radius 3 is 2.55 bits per heavy atom. The number of carboxylic acid groups (broad SMARTS) is 2. The number of aliphatic carboxylic acids is 2. The van der Waals surface area contributed by atoms with Crippen molar-refractivity contribution in [3.05, 3.63) is 0 Å². The van der Waals surface area contributed by atoms with E-state index in [1.807, 2.05) is 0 Å². The Hall–Kier alpha value is -1.14. The maximum Gasteiger partial charge on any atom is 0.320 e. The number of carboxylic acids is 2. The van der Waals surface area contributed by atoms with Crippen molar-refractivity contribution in [2.24, 2.45) is 17.8 Å². The molecule has 1 saturated carbocycles. The van der Waals surface area contributed by atoms with E-state index in [1.54, 1.807) is 0 Å². The molecule has 2 aliphatic heterocycles. The summed E-state index contributed by atoms with van der Waals surface area (Å²) in [6, 6.07) is 0.0315. The summed E-state index contributed by atoms with van der Waals surface area (Å²) in [7, 11) is 0. The predicted molar refractivity (Wildman–Crippen MR) is 80.6 cm³/mol. The van der Waals surface area contributed by atoms with Crippen LogP contribution in [0, 0.1) is 17.8 Å². The van der Waals surface area contributed by atoms with Crippen molar-refractivity contribution < 1.29 is 19.8 Å². The first-order valence-corrected chi connectivity index (χ1v) is 8.47. The van der Waals surface area contributed by atoms with Crippen LogP contribution in [-0.2, 0) is 9.59 Å². The lowest BCUT2D eigenvalue weighted by Crippen LogP contribution is -2.53. The van der Waals surface area contributed by atoms with Crippen molar-refractivity contribution in [1.82, 2.24) is 10.2 Å². The highest BCUT2D eigenvalue weighted by molar-refractivity contribution is 5.73. The number of carbonyl (C=O) groups is 2. The number of nitrogens with one attached hydrogen (secondary N) is 1. The second-order valence-corrected chi connectivity index (χ2v) is 7.19. The molecular weight excluding hydrogens is 284 g/mol. The van der Waals surface area contributed by atoms with Gasteiger partial charge in [0, 0.05) is 12.6 Å². The molecule has 0 aromatic heterocycles. The van der Waals surface area contributed by atoms with Gasteiger partial charge in [0.1, 0.15) is 6.04 Å². The average molecular weight is 310 g/mol. The molecule has 0 amide bonds. The van der Waals surface area contributed by atoms with Crippen LogP contribution in [0.25, 0.3) is 0 Å². The summed E-state index contributed by atoms with van der Waals surface area (Å²) < 4.78 is 0. The highest BCUT2D eigenvalue weighted by atomic mass is 16.4. The normalized spacial score (nSPS) is 39.9. The van der Waals surface area contributed by atoms with Crippen molar-refractivity contribution in [1.29, 1.82) is 0 Å². The molecule has 3 aliphatic rings. The van der Waals surface area contributed by atoms with Gasteiger partial charge in [-0.15, -0.1) is 0 Å². The molecule has 0 aromatic rings. The molecule has 3 unspecified atom stereocenters. The van der Waals surface area contributed by atoms with E-state index in [4.69, 9.17) is 0 Å². The van der Waals surface area contributed by atoms with Crippen LogP contribution in [0.15, 0.2) is 0 Å². The molecule has 0 radical (unpaired) electrons. The molecule has 2 saturated heterocycles. The van der Waals surface area contributed by atoms with Gasteiger partial charge < -0.3 is 15.5 Å². The summed E-state index contributed by atoms with van der Waals surface area (Å²) in [5, 5.41) is 21.6. The van der Waals surface area contributed by atoms with Crippen LogP contribution in [0.2, 0.25) is 0 Å². The Labute approximate surface area is 130 Å². The fourth-order valence-corrected chi connectivity index (χ4v) is 4.60. The third kappa shape index (κ3) is 3.27. The van der Waals surface area contributed by atoms with Gasteiger partial charge in [-0.2, -0.15) is 0 Å². The van der Waals surface area contributed by atoms with E-state index in [9.17, 15) is 19.8 Å². The Balaban J connectivity index is 1.60. The number of nitrogens with zero attached hydrogens (tertiary/aromatic N) is 1. The van der Waals surface area contributed by atoms with Crippen LogP contribution in [-0.4, -0.2) is 58.8 Å². The van der Waals surface area contributed by atoms with Crippen LogP contribution < -0.4 is 5.32 Å². The highest BCUT2D eigenvalue weighted by Gasteiger charge is 2.40. The standard InChI is InChI=1S/C16H26N2O4/c19-15(20)11-2-1-5-18(9-11)13-4-3-10-8-17-14(16(21)22)7-12(10)6-13/h10-14,17H,1-9H2,(H,19,20)(H,21,22)/t10?,11?,12-,13+,14?/m1/s1. The van der Waals surface area contributed by atoms with Gasteiger partial charge in [0.05, 0.1) is 5.92 Å². The first-order chi connectivity index (χ1) is 10.5. The topological polar surface area (TPSA) is 89.9 Å². The summed E-state index contributed by atoms with van der Waals surface area (Å²) in [6.07, 6.45) is 5.74. The third-order valence-electron chi connectivity index (χ3n) is 5.89. The number of hydrogen-bond donors (Lipinski definition) is 3. The molecule has 0 spiro atoms. The predicted octanol–water partition coefficient (Wildman–Crippen LogP) is 1.01. The fraction of sp³-hybridized carbons (Fsp3) is 0.875. The highest BCUT2D eigenvalue weighted by Crippen LogP contribution is 2.38. The summed E-state index contributed by atoms with van der Waals surface area (Å²) in [6.45, 7) is 2.47. The van der Waals surface area contributed by atoms with Crippen LogP contribution in [0.4, 0.5) is 0 Å². The second kappa shape index (κ2) is 6.54. The number of likely N-dealkylation sites (tertiary alicyclic amines) is 1. The van der Waals surface area contributed by atoms with E-state index >= 15 is 0 Å².